The molecule has 2 rings (SSSR count). The minimum atomic E-state index is -0.229. The van der Waals surface area contributed by atoms with Gasteiger partial charge in [-0.15, -0.1) is 0 Å². The molecule has 0 bridgehead atoms. The quantitative estimate of drug-likeness (QED) is 0.473. The van der Waals surface area contributed by atoms with Crippen molar-refractivity contribution in [1.29, 1.82) is 0 Å². The van der Waals surface area contributed by atoms with Crippen LogP contribution in [0, 0.1) is 10.8 Å². The predicted octanol–water partition coefficient (Wildman–Crippen LogP) is 5.43. The molecule has 0 N–H and O–H groups in total. The van der Waals surface area contributed by atoms with E-state index in [1.54, 1.807) is 3.62 Å². The fourth-order valence-corrected chi connectivity index (χ4v) is 7.08. The van der Waals surface area contributed by atoms with Crippen LogP contribution in [-0.4, -0.2) is 20.9 Å². The molecular formula is C19H26Te. The normalized spacial score (nSPS) is 19.3. The fraction of sp³-hybridized carbons (Fsp3) is 0.474. The van der Waals surface area contributed by atoms with Crippen LogP contribution in [0.15, 0.2) is 40.0 Å². The summed E-state index contributed by atoms with van der Waals surface area (Å²) in [5.41, 5.74) is 4.74. The van der Waals surface area contributed by atoms with Crippen LogP contribution in [0.3, 0.4) is 0 Å². The first-order valence-electron chi connectivity index (χ1n) is 7.28. The number of benzene rings is 1. The van der Waals surface area contributed by atoms with Crippen molar-refractivity contribution < 1.29 is 0 Å². The molecular weight excluding hydrogens is 356 g/mol. The summed E-state index contributed by atoms with van der Waals surface area (Å²) in [6, 6.07) is 8.94. The summed E-state index contributed by atoms with van der Waals surface area (Å²) in [6.45, 7) is 18.2. The molecule has 0 radical (unpaired) electrons. The molecule has 0 spiro atoms. The number of allylic oxidation sites excluding steroid dienone is 2. The number of hydrogen-bond acceptors (Lipinski definition) is 0. The van der Waals surface area contributed by atoms with Gasteiger partial charge in [0.2, 0.25) is 0 Å². The van der Waals surface area contributed by atoms with Gasteiger partial charge < -0.3 is 0 Å². The van der Waals surface area contributed by atoms with E-state index in [-0.39, 0.29) is 26.3 Å². The van der Waals surface area contributed by atoms with Crippen LogP contribution in [0.4, 0.5) is 0 Å². The third-order valence-corrected chi connectivity index (χ3v) is 10.2. The van der Waals surface area contributed by atoms with Gasteiger partial charge in [0, 0.05) is 0 Å². The van der Waals surface area contributed by atoms with Gasteiger partial charge in [0.25, 0.3) is 0 Å². The van der Waals surface area contributed by atoms with Gasteiger partial charge in [-0.25, -0.2) is 0 Å². The van der Waals surface area contributed by atoms with Gasteiger partial charge in [-0.1, -0.05) is 0 Å². The van der Waals surface area contributed by atoms with E-state index in [1.807, 2.05) is 0 Å². The van der Waals surface area contributed by atoms with Crippen molar-refractivity contribution in [2.75, 3.05) is 0 Å². The van der Waals surface area contributed by atoms with E-state index in [2.05, 4.69) is 78.5 Å². The van der Waals surface area contributed by atoms with E-state index in [9.17, 15) is 0 Å². The molecule has 1 aromatic rings. The van der Waals surface area contributed by atoms with E-state index >= 15 is 0 Å². The molecule has 1 heteroatoms. The van der Waals surface area contributed by atoms with Crippen LogP contribution in [0.25, 0.3) is 6.08 Å². The maximum absolute atomic E-state index is 4.26. The summed E-state index contributed by atoms with van der Waals surface area (Å²) in [5.74, 6) is 0. The van der Waals surface area contributed by atoms with E-state index < -0.39 is 0 Å². The number of fused-ring (bicyclic) bond motifs is 1. The zero-order valence-electron chi connectivity index (χ0n) is 13.6. The van der Waals surface area contributed by atoms with Crippen LogP contribution in [-0.2, 0) is 0 Å². The second-order valence-corrected chi connectivity index (χ2v) is 10.7. The molecule has 1 aliphatic rings. The van der Waals surface area contributed by atoms with Crippen molar-refractivity contribution in [2.24, 2.45) is 10.8 Å². The molecule has 0 amide bonds. The molecule has 1 aromatic carbocycles. The van der Waals surface area contributed by atoms with Crippen molar-refractivity contribution in [2.45, 2.75) is 45.5 Å². The third-order valence-electron chi connectivity index (χ3n) is 4.30. The van der Waals surface area contributed by atoms with Crippen molar-refractivity contribution in [3.63, 3.8) is 0 Å². The van der Waals surface area contributed by atoms with Crippen molar-refractivity contribution >= 4 is 27.0 Å². The monoisotopic (exact) mass is 384 g/mol. The summed E-state index contributed by atoms with van der Waals surface area (Å²) < 4.78 is 2.33. The Hall–Kier alpha value is -0.510. The average molecular weight is 382 g/mol. The molecule has 0 saturated heterocycles. The minimum absolute atomic E-state index is 0.184. The van der Waals surface area contributed by atoms with Gasteiger partial charge in [-0.2, -0.15) is 0 Å². The zero-order chi connectivity index (χ0) is 15.1. The molecule has 0 nitrogen and oxygen atoms in total. The molecule has 1 atom stereocenters. The summed E-state index contributed by atoms with van der Waals surface area (Å²) in [6.07, 6.45) is 2.46. The molecule has 0 aliphatic carbocycles. The van der Waals surface area contributed by atoms with E-state index in [1.165, 1.54) is 16.7 Å². The second kappa shape index (κ2) is 5.36. The molecule has 1 heterocycles. The standard InChI is InChI=1S/C19H26Te/c1-13(2)19(6,7)17-15-11-9-8-10-14(15)12-16(20-17)18(3,4)5/h8-12,17H,1H2,2-7H3. The Balaban J connectivity index is 2.57. The van der Waals surface area contributed by atoms with Crippen LogP contribution in [0.1, 0.15) is 56.6 Å². The molecule has 108 valence electrons. The van der Waals surface area contributed by atoms with Crippen molar-refractivity contribution in [1.82, 2.24) is 0 Å². The molecule has 1 aliphatic heterocycles. The summed E-state index contributed by atoms with van der Waals surface area (Å²) in [5, 5.41) is 0. The van der Waals surface area contributed by atoms with Gasteiger partial charge in [0.05, 0.1) is 0 Å². The van der Waals surface area contributed by atoms with Crippen LogP contribution in [0.2, 0.25) is 0 Å². The Morgan fingerprint density at radius 1 is 1.10 bits per heavy atom. The molecule has 0 aromatic heterocycles. The van der Waals surface area contributed by atoms with Gasteiger partial charge in [-0.3, -0.25) is 0 Å². The Kier molecular flexibility index (Phi) is 4.25. The van der Waals surface area contributed by atoms with Gasteiger partial charge in [0.15, 0.2) is 0 Å². The Labute approximate surface area is 134 Å². The first-order valence-corrected chi connectivity index (χ1v) is 9.79. The first kappa shape index (κ1) is 15.9. The Morgan fingerprint density at radius 3 is 2.25 bits per heavy atom. The van der Waals surface area contributed by atoms with Crippen LogP contribution >= 0.6 is 0 Å². The van der Waals surface area contributed by atoms with Crippen LogP contribution in [0.5, 0.6) is 0 Å². The zero-order valence-corrected chi connectivity index (χ0v) is 15.9. The topological polar surface area (TPSA) is 0 Å². The Bertz CT molecular complexity index is 555. The molecule has 1 unspecified atom stereocenters. The molecule has 20 heavy (non-hydrogen) atoms. The molecule has 0 saturated carbocycles. The summed E-state index contributed by atoms with van der Waals surface area (Å²) in [7, 11) is 0. The first-order chi connectivity index (χ1) is 9.14. The third kappa shape index (κ3) is 2.90. The van der Waals surface area contributed by atoms with E-state index in [0.29, 0.717) is 9.38 Å². The Morgan fingerprint density at radius 2 is 1.70 bits per heavy atom. The summed E-state index contributed by atoms with van der Waals surface area (Å²) >= 11 is -0.229. The second-order valence-electron chi connectivity index (χ2n) is 7.39. The molecule has 0 fully saturated rings. The average Bonchev–Trinajstić information content (AvgIpc) is 2.36. The predicted molar refractivity (Wildman–Crippen MR) is 91.0 cm³/mol. The van der Waals surface area contributed by atoms with Crippen LogP contribution < -0.4 is 0 Å². The SMILES string of the molecule is C=C(C)C(C)(C)C1[Te]C(C(C)(C)C)=Cc2ccccc21. The van der Waals surface area contributed by atoms with Gasteiger partial charge in [0.1, 0.15) is 0 Å². The number of hydrogen-bond donors (Lipinski definition) is 0. The van der Waals surface area contributed by atoms with Crippen molar-refractivity contribution in [3.05, 3.63) is 51.2 Å². The van der Waals surface area contributed by atoms with Crippen molar-refractivity contribution in [3.8, 4) is 0 Å². The maximum atomic E-state index is 4.26. The fourth-order valence-electron chi connectivity index (χ4n) is 2.40. The van der Waals surface area contributed by atoms with Gasteiger partial charge in [-0.05, 0) is 0 Å². The van der Waals surface area contributed by atoms with E-state index in [4.69, 9.17) is 0 Å². The van der Waals surface area contributed by atoms with E-state index in [0.717, 1.165) is 0 Å². The summed E-state index contributed by atoms with van der Waals surface area (Å²) in [4.78, 5) is 0. The van der Waals surface area contributed by atoms with Gasteiger partial charge >= 0.3 is 135 Å². The number of rotatable bonds is 2.